The highest BCUT2D eigenvalue weighted by atomic mass is 32.2. The van der Waals surface area contributed by atoms with Gasteiger partial charge < -0.3 is 5.32 Å². The zero-order valence-electron chi connectivity index (χ0n) is 16.6. The number of amides is 1. The van der Waals surface area contributed by atoms with Crippen molar-refractivity contribution < 1.29 is 26.4 Å². The predicted molar refractivity (Wildman–Crippen MR) is 111 cm³/mol. The van der Waals surface area contributed by atoms with Crippen LogP contribution in [0, 0.1) is 24.4 Å². The van der Waals surface area contributed by atoms with Gasteiger partial charge in [0.2, 0.25) is 0 Å². The summed E-state index contributed by atoms with van der Waals surface area (Å²) in [6.45, 7) is 3.21. The summed E-state index contributed by atoms with van der Waals surface area (Å²) in [6, 6.07) is 11.8. The first kappa shape index (κ1) is 22.4. The molecule has 0 fully saturated rings. The summed E-state index contributed by atoms with van der Waals surface area (Å²) < 4.78 is 67.9. The molecule has 0 saturated heterocycles. The average molecular weight is 448 g/mol. The van der Waals surface area contributed by atoms with E-state index in [1.54, 1.807) is 13.8 Å². The maximum absolute atomic E-state index is 13.8. The average Bonchev–Trinajstić information content (AvgIpc) is 2.71. The van der Waals surface area contributed by atoms with Gasteiger partial charge in [-0.2, -0.15) is 0 Å². The largest absolute Gasteiger partial charge is 0.346 e. The Bertz CT molecular complexity index is 1250. The molecular weight excluding hydrogens is 429 g/mol. The first-order valence-corrected chi connectivity index (χ1v) is 10.7. The summed E-state index contributed by atoms with van der Waals surface area (Å²) in [4.78, 5) is 12.5. The van der Waals surface area contributed by atoms with Gasteiger partial charge in [0.15, 0.2) is 11.6 Å². The molecule has 5 nitrogen and oxygen atoms in total. The smallest absolute Gasteiger partial charge is 0.262 e. The number of aryl methyl sites for hydroxylation is 1. The Morgan fingerprint density at radius 2 is 1.61 bits per heavy atom. The van der Waals surface area contributed by atoms with Crippen LogP contribution < -0.4 is 10.0 Å². The van der Waals surface area contributed by atoms with E-state index in [1.165, 1.54) is 42.5 Å². The molecule has 0 spiro atoms. The van der Waals surface area contributed by atoms with Gasteiger partial charge in [0.1, 0.15) is 5.82 Å². The Balaban J connectivity index is 1.85. The molecule has 0 aliphatic heterocycles. The van der Waals surface area contributed by atoms with Gasteiger partial charge in [0, 0.05) is 5.56 Å². The summed E-state index contributed by atoms with van der Waals surface area (Å²) in [7, 11) is -4.16. The lowest BCUT2D eigenvalue weighted by Gasteiger charge is -2.16. The van der Waals surface area contributed by atoms with Crippen molar-refractivity contribution in [1.29, 1.82) is 0 Å². The van der Waals surface area contributed by atoms with E-state index < -0.39 is 39.4 Å². The molecule has 162 valence electrons. The monoisotopic (exact) mass is 448 g/mol. The fourth-order valence-electron chi connectivity index (χ4n) is 2.90. The lowest BCUT2D eigenvalue weighted by atomic mass is 10.1. The Morgan fingerprint density at radius 1 is 0.903 bits per heavy atom. The third-order valence-corrected chi connectivity index (χ3v) is 6.04. The molecule has 0 bridgehead atoms. The van der Waals surface area contributed by atoms with E-state index in [0.717, 1.165) is 18.2 Å². The van der Waals surface area contributed by atoms with Crippen LogP contribution in [-0.2, 0) is 10.0 Å². The number of nitrogens with one attached hydrogen (secondary N) is 2. The minimum Gasteiger partial charge on any atom is -0.346 e. The van der Waals surface area contributed by atoms with Crippen LogP contribution in [0.15, 0.2) is 65.6 Å². The van der Waals surface area contributed by atoms with Crippen molar-refractivity contribution in [3.05, 3.63) is 94.8 Å². The molecule has 0 radical (unpaired) electrons. The minimum absolute atomic E-state index is 0.0749. The highest BCUT2D eigenvalue weighted by molar-refractivity contribution is 7.92. The summed E-state index contributed by atoms with van der Waals surface area (Å²) >= 11 is 0. The van der Waals surface area contributed by atoms with Crippen molar-refractivity contribution in [2.24, 2.45) is 0 Å². The Labute approximate surface area is 178 Å². The van der Waals surface area contributed by atoms with Gasteiger partial charge in [-0.05, 0) is 61.4 Å². The fourth-order valence-corrected chi connectivity index (χ4v) is 3.99. The first-order valence-electron chi connectivity index (χ1n) is 9.22. The lowest BCUT2D eigenvalue weighted by molar-refractivity contribution is 0.0939. The van der Waals surface area contributed by atoms with Gasteiger partial charge in [-0.15, -0.1) is 0 Å². The van der Waals surface area contributed by atoms with Crippen molar-refractivity contribution >= 4 is 21.6 Å². The number of carbonyl (C=O) groups is 1. The predicted octanol–water partition coefficient (Wildman–Crippen LogP) is 4.70. The summed E-state index contributed by atoms with van der Waals surface area (Å²) in [5.74, 6) is -3.38. The topological polar surface area (TPSA) is 75.3 Å². The van der Waals surface area contributed by atoms with E-state index in [-0.39, 0.29) is 16.1 Å². The van der Waals surface area contributed by atoms with Crippen molar-refractivity contribution in [2.45, 2.75) is 24.8 Å². The number of hydrogen-bond acceptors (Lipinski definition) is 3. The van der Waals surface area contributed by atoms with Crippen LogP contribution in [0.25, 0.3) is 0 Å². The molecule has 1 unspecified atom stereocenters. The van der Waals surface area contributed by atoms with E-state index in [9.17, 15) is 26.4 Å². The second kappa shape index (κ2) is 8.81. The van der Waals surface area contributed by atoms with Crippen LogP contribution >= 0.6 is 0 Å². The maximum Gasteiger partial charge on any atom is 0.262 e. The molecule has 1 atom stereocenters. The number of carbonyl (C=O) groups excluding carboxylic acids is 1. The van der Waals surface area contributed by atoms with E-state index in [4.69, 9.17) is 0 Å². The van der Waals surface area contributed by atoms with Gasteiger partial charge in [-0.25, -0.2) is 21.6 Å². The molecule has 0 aromatic heterocycles. The van der Waals surface area contributed by atoms with Gasteiger partial charge in [-0.1, -0.05) is 24.3 Å². The second-order valence-corrected chi connectivity index (χ2v) is 8.61. The number of anilines is 1. The molecule has 31 heavy (non-hydrogen) atoms. The Morgan fingerprint density at radius 3 is 2.29 bits per heavy atom. The van der Waals surface area contributed by atoms with Crippen LogP contribution in [0.3, 0.4) is 0 Å². The van der Waals surface area contributed by atoms with Gasteiger partial charge in [0.05, 0.1) is 16.6 Å². The van der Waals surface area contributed by atoms with Crippen LogP contribution in [0.2, 0.25) is 0 Å². The number of benzene rings is 3. The van der Waals surface area contributed by atoms with Crippen molar-refractivity contribution in [3.8, 4) is 0 Å². The zero-order valence-corrected chi connectivity index (χ0v) is 17.4. The molecular formula is C22H19F3N2O3S. The molecule has 3 aromatic rings. The van der Waals surface area contributed by atoms with Gasteiger partial charge in [0.25, 0.3) is 15.9 Å². The molecule has 1 amide bonds. The SMILES string of the molecule is Cc1ccc(S(=O)(=O)Nc2ccccc2F)cc1C(=O)NC(C)c1ccc(F)c(F)c1. The van der Waals surface area contributed by atoms with Crippen LogP contribution in [0.4, 0.5) is 18.9 Å². The summed E-state index contributed by atoms with van der Waals surface area (Å²) in [6.07, 6.45) is 0. The highest BCUT2D eigenvalue weighted by Gasteiger charge is 2.21. The molecule has 2 N–H and O–H groups in total. The van der Waals surface area contributed by atoms with E-state index >= 15 is 0 Å². The third-order valence-electron chi connectivity index (χ3n) is 4.67. The second-order valence-electron chi connectivity index (χ2n) is 6.93. The molecule has 0 aliphatic rings. The fraction of sp³-hybridized carbons (Fsp3) is 0.136. The standard InChI is InChI=1S/C22H19F3N2O3S/c1-13-7-9-16(31(29,30)27-21-6-4-3-5-19(21)24)12-17(13)22(28)26-14(2)15-8-10-18(23)20(25)11-15/h3-12,14,27H,1-2H3,(H,26,28). The van der Waals surface area contributed by atoms with Crippen LogP contribution in [0.5, 0.6) is 0 Å². The number of halogens is 3. The van der Waals surface area contributed by atoms with Crippen LogP contribution in [-0.4, -0.2) is 14.3 Å². The highest BCUT2D eigenvalue weighted by Crippen LogP contribution is 2.22. The van der Waals surface area contributed by atoms with Gasteiger partial charge >= 0.3 is 0 Å². The van der Waals surface area contributed by atoms with Crippen molar-refractivity contribution in [2.75, 3.05) is 4.72 Å². The molecule has 0 aliphatic carbocycles. The van der Waals surface area contributed by atoms with Crippen LogP contribution in [0.1, 0.15) is 34.5 Å². The molecule has 3 aromatic carbocycles. The minimum atomic E-state index is -4.16. The maximum atomic E-state index is 13.8. The zero-order chi connectivity index (χ0) is 22.8. The lowest BCUT2D eigenvalue weighted by Crippen LogP contribution is -2.27. The number of hydrogen-bond donors (Lipinski definition) is 2. The van der Waals surface area contributed by atoms with E-state index in [2.05, 4.69) is 10.0 Å². The molecule has 0 heterocycles. The summed E-state index contributed by atoms with van der Waals surface area (Å²) in [5, 5.41) is 2.63. The Kier molecular flexibility index (Phi) is 6.35. The quantitative estimate of drug-likeness (QED) is 0.574. The van der Waals surface area contributed by atoms with Gasteiger partial charge in [-0.3, -0.25) is 9.52 Å². The molecule has 0 saturated carbocycles. The third kappa shape index (κ3) is 5.05. The number of sulfonamides is 1. The normalized spacial score (nSPS) is 12.3. The number of para-hydroxylation sites is 1. The molecule has 3 rings (SSSR count). The first-order chi connectivity index (χ1) is 14.6. The molecule has 9 heteroatoms. The summed E-state index contributed by atoms with van der Waals surface area (Å²) in [5.41, 5.74) is 0.696. The van der Waals surface area contributed by atoms with Crippen molar-refractivity contribution in [3.63, 3.8) is 0 Å². The number of rotatable bonds is 6. The van der Waals surface area contributed by atoms with E-state index in [1.807, 2.05) is 0 Å². The van der Waals surface area contributed by atoms with E-state index in [0.29, 0.717) is 11.1 Å². The Hall–Kier alpha value is -3.33. The van der Waals surface area contributed by atoms with Crippen molar-refractivity contribution in [1.82, 2.24) is 5.32 Å².